The third-order valence-corrected chi connectivity index (χ3v) is 5.47. The summed E-state index contributed by atoms with van der Waals surface area (Å²) in [6, 6.07) is 22.1. The quantitative estimate of drug-likeness (QED) is 0.320. The van der Waals surface area contributed by atoms with E-state index in [0.717, 1.165) is 22.6 Å². The summed E-state index contributed by atoms with van der Waals surface area (Å²) in [5.41, 5.74) is 4.35. The van der Waals surface area contributed by atoms with Crippen molar-refractivity contribution in [1.82, 2.24) is 14.9 Å². The zero-order valence-corrected chi connectivity index (χ0v) is 19.1. The van der Waals surface area contributed by atoms with E-state index in [9.17, 15) is 14.4 Å². The van der Waals surface area contributed by atoms with Gasteiger partial charge < -0.3 is 10.1 Å². The minimum absolute atomic E-state index is 0.0764. The van der Waals surface area contributed by atoms with Crippen molar-refractivity contribution in [3.05, 3.63) is 95.3 Å². The van der Waals surface area contributed by atoms with Gasteiger partial charge in [-0.1, -0.05) is 42.5 Å². The van der Waals surface area contributed by atoms with Crippen molar-refractivity contribution in [2.45, 2.75) is 20.3 Å². The molecule has 3 aromatic carbocycles. The second kappa shape index (κ2) is 10.1. The molecule has 4 aromatic rings. The van der Waals surface area contributed by atoms with Gasteiger partial charge in [0.1, 0.15) is 5.82 Å². The molecule has 4 rings (SSSR count). The van der Waals surface area contributed by atoms with Crippen molar-refractivity contribution in [2.24, 2.45) is 0 Å². The normalized spacial score (nSPS) is 10.8. The number of imidazole rings is 1. The lowest BCUT2D eigenvalue weighted by atomic mass is 10.1. The Hall–Kier alpha value is -4.26. The third kappa shape index (κ3) is 5.20. The number of nitrogens with zero attached hydrogens (tertiary/aromatic N) is 2. The van der Waals surface area contributed by atoms with Gasteiger partial charge in [-0.2, -0.15) is 0 Å². The van der Waals surface area contributed by atoms with Crippen LogP contribution in [0.3, 0.4) is 0 Å². The average molecular weight is 456 g/mol. The summed E-state index contributed by atoms with van der Waals surface area (Å²) in [5.74, 6) is -0.129. The molecule has 0 saturated heterocycles. The van der Waals surface area contributed by atoms with Gasteiger partial charge in [-0.15, -0.1) is 0 Å². The molecule has 1 aromatic heterocycles. The zero-order chi connectivity index (χ0) is 24.1. The molecule has 0 fully saturated rings. The van der Waals surface area contributed by atoms with Gasteiger partial charge in [-0.3, -0.25) is 14.2 Å². The van der Waals surface area contributed by atoms with Crippen LogP contribution >= 0.6 is 0 Å². The summed E-state index contributed by atoms with van der Waals surface area (Å²) in [4.78, 5) is 40.6. The number of amides is 1. The van der Waals surface area contributed by atoms with E-state index >= 15 is 0 Å². The number of ether oxygens (including phenoxy) is 1. The molecule has 1 amide bonds. The number of hydrogen-bond acceptors (Lipinski definition) is 5. The Balaban J connectivity index is 1.39. The molecule has 0 saturated carbocycles. The molecular weight excluding hydrogens is 430 g/mol. The Morgan fingerprint density at radius 2 is 1.65 bits per heavy atom. The Labute approximate surface area is 197 Å². The molecular formula is C27H25N3O4. The number of ketones is 1. The molecule has 0 spiro atoms. The number of esters is 1. The second-order valence-electron chi connectivity index (χ2n) is 7.96. The maximum absolute atomic E-state index is 12.6. The van der Waals surface area contributed by atoms with Crippen LogP contribution in [0, 0.1) is 6.92 Å². The fourth-order valence-corrected chi connectivity index (χ4v) is 3.77. The molecule has 172 valence electrons. The number of carbonyl (C=O) groups is 3. The highest BCUT2D eigenvalue weighted by molar-refractivity contribution is 6.00. The number of nitrogens with one attached hydrogen (secondary N) is 1. The molecule has 7 nitrogen and oxygen atoms in total. The van der Waals surface area contributed by atoms with Gasteiger partial charge in [0.2, 0.25) is 5.91 Å². The largest absolute Gasteiger partial charge is 0.454 e. The Morgan fingerprint density at radius 1 is 0.941 bits per heavy atom. The number of rotatable bonds is 8. The van der Waals surface area contributed by atoms with Crippen molar-refractivity contribution >= 4 is 28.7 Å². The first-order valence-corrected chi connectivity index (χ1v) is 11.0. The van der Waals surface area contributed by atoms with Gasteiger partial charge >= 0.3 is 5.97 Å². The predicted molar refractivity (Wildman–Crippen MR) is 129 cm³/mol. The molecule has 1 N–H and O–H groups in total. The van der Waals surface area contributed by atoms with Crippen LogP contribution in [0.25, 0.3) is 16.7 Å². The molecule has 0 aliphatic carbocycles. The molecule has 0 aliphatic heterocycles. The van der Waals surface area contributed by atoms with Gasteiger partial charge in [0.15, 0.2) is 12.4 Å². The molecule has 0 unspecified atom stereocenters. The highest BCUT2D eigenvalue weighted by atomic mass is 16.5. The lowest BCUT2D eigenvalue weighted by Gasteiger charge is -2.08. The molecule has 0 radical (unpaired) electrons. The van der Waals surface area contributed by atoms with Crippen LogP contribution in [-0.4, -0.2) is 40.4 Å². The van der Waals surface area contributed by atoms with E-state index in [2.05, 4.69) is 10.3 Å². The number of para-hydroxylation sites is 1. The van der Waals surface area contributed by atoms with Crippen molar-refractivity contribution in [1.29, 1.82) is 0 Å². The van der Waals surface area contributed by atoms with E-state index in [1.54, 1.807) is 24.3 Å². The van der Waals surface area contributed by atoms with Crippen LogP contribution in [0.2, 0.25) is 0 Å². The van der Waals surface area contributed by atoms with Crippen LogP contribution in [-0.2, 0) is 16.0 Å². The average Bonchev–Trinajstić information content (AvgIpc) is 3.17. The molecule has 1 heterocycles. The SMILES string of the molecule is CC(=O)NCCc1ccc(C(=O)COC(=O)c2ccc3c(c2)nc(C)n3-c2ccccc2)cc1. The van der Waals surface area contributed by atoms with Gasteiger partial charge in [-0.05, 0) is 49.2 Å². The van der Waals surface area contributed by atoms with Crippen molar-refractivity contribution in [2.75, 3.05) is 13.2 Å². The van der Waals surface area contributed by atoms with Gasteiger partial charge in [0.25, 0.3) is 0 Å². The summed E-state index contributed by atoms with van der Waals surface area (Å²) in [5, 5.41) is 2.73. The van der Waals surface area contributed by atoms with E-state index in [0.29, 0.717) is 29.6 Å². The number of aryl methyl sites for hydroxylation is 1. The maximum atomic E-state index is 12.6. The standard InChI is InChI=1S/C27H25N3O4/c1-18-29-24-16-22(12-13-25(24)30(18)23-6-4-3-5-7-23)27(33)34-17-26(32)21-10-8-20(9-11-21)14-15-28-19(2)31/h3-13,16H,14-15,17H2,1-2H3,(H,28,31). The van der Waals surface area contributed by atoms with Gasteiger partial charge in [-0.25, -0.2) is 9.78 Å². The first-order valence-electron chi connectivity index (χ1n) is 11.0. The molecule has 0 atom stereocenters. The predicted octanol–water partition coefficient (Wildman–Crippen LogP) is 4.05. The molecule has 0 aliphatic rings. The first-order chi connectivity index (χ1) is 16.4. The van der Waals surface area contributed by atoms with Crippen molar-refractivity contribution in [3.8, 4) is 5.69 Å². The van der Waals surface area contributed by atoms with Crippen molar-refractivity contribution < 1.29 is 19.1 Å². The highest BCUT2D eigenvalue weighted by Gasteiger charge is 2.15. The van der Waals surface area contributed by atoms with E-state index in [1.165, 1.54) is 6.92 Å². The Kier molecular flexibility index (Phi) is 6.82. The van der Waals surface area contributed by atoms with Crippen molar-refractivity contribution in [3.63, 3.8) is 0 Å². The van der Waals surface area contributed by atoms with Crippen LogP contribution in [0.5, 0.6) is 0 Å². The maximum Gasteiger partial charge on any atom is 0.338 e. The van der Waals surface area contributed by atoms with Crippen LogP contribution < -0.4 is 5.32 Å². The zero-order valence-electron chi connectivity index (χ0n) is 19.1. The smallest absolute Gasteiger partial charge is 0.338 e. The van der Waals surface area contributed by atoms with Gasteiger partial charge in [0.05, 0.1) is 16.6 Å². The van der Waals surface area contributed by atoms with Crippen LogP contribution in [0.4, 0.5) is 0 Å². The lowest BCUT2D eigenvalue weighted by molar-refractivity contribution is -0.118. The van der Waals surface area contributed by atoms with E-state index < -0.39 is 5.97 Å². The summed E-state index contributed by atoms with van der Waals surface area (Å²) in [7, 11) is 0. The number of aromatic nitrogens is 2. The summed E-state index contributed by atoms with van der Waals surface area (Å²) in [6.45, 7) is 3.57. The Morgan fingerprint density at radius 3 is 2.35 bits per heavy atom. The van der Waals surface area contributed by atoms with E-state index in [-0.39, 0.29) is 18.3 Å². The molecule has 0 bridgehead atoms. The molecule has 7 heteroatoms. The third-order valence-electron chi connectivity index (χ3n) is 5.47. The summed E-state index contributed by atoms with van der Waals surface area (Å²) < 4.78 is 7.29. The number of carbonyl (C=O) groups excluding carboxylic acids is 3. The summed E-state index contributed by atoms with van der Waals surface area (Å²) in [6.07, 6.45) is 0.672. The van der Waals surface area contributed by atoms with E-state index in [4.69, 9.17) is 4.74 Å². The molecule has 34 heavy (non-hydrogen) atoms. The number of benzene rings is 3. The number of Topliss-reactive ketones (excluding diaryl/α,β-unsaturated/α-hetero) is 1. The van der Waals surface area contributed by atoms with Crippen LogP contribution in [0.15, 0.2) is 72.8 Å². The fraction of sp³-hybridized carbons (Fsp3) is 0.185. The minimum Gasteiger partial charge on any atom is -0.454 e. The van der Waals surface area contributed by atoms with Crippen LogP contribution in [0.1, 0.15) is 39.0 Å². The summed E-state index contributed by atoms with van der Waals surface area (Å²) >= 11 is 0. The number of fused-ring (bicyclic) bond motifs is 1. The second-order valence-corrected chi connectivity index (χ2v) is 7.96. The topological polar surface area (TPSA) is 90.3 Å². The fourth-order valence-electron chi connectivity index (χ4n) is 3.77. The van der Waals surface area contributed by atoms with E-state index in [1.807, 2.05) is 60.0 Å². The Bertz CT molecular complexity index is 1340. The first kappa shape index (κ1) is 22.9. The minimum atomic E-state index is -0.575. The lowest BCUT2D eigenvalue weighted by Crippen LogP contribution is -2.22. The highest BCUT2D eigenvalue weighted by Crippen LogP contribution is 2.22. The number of hydrogen-bond donors (Lipinski definition) is 1. The van der Waals surface area contributed by atoms with Gasteiger partial charge in [0, 0.05) is 24.7 Å². The monoisotopic (exact) mass is 455 g/mol.